The van der Waals surface area contributed by atoms with Crippen LogP contribution < -0.4 is 14.4 Å². The second-order valence-electron chi connectivity index (χ2n) is 7.39. The predicted octanol–water partition coefficient (Wildman–Crippen LogP) is 3.96. The zero-order chi connectivity index (χ0) is 18.6. The van der Waals surface area contributed by atoms with Crippen molar-refractivity contribution >= 4 is 5.69 Å². The van der Waals surface area contributed by atoms with Gasteiger partial charge in [0, 0.05) is 12.2 Å². The van der Waals surface area contributed by atoms with Crippen molar-refractivity contribution in [3.8, 4) is 11.5 Å². The van der Waals surface area contributed by atoms with Crippen molar-refractivity contribution in [1.82, 2.24) is 4.90 Å². The fourth-order valence-corrected chi connectivity index (χ4v) is 4.01. The number of hydrogen-bond donors (Lipinski definition) is 0. The summed E-state index contributed by atoms with van der Waals surface area (Å²) in [5.41, 5.74) is 1.19. The number of nitrogens with zero attached hydrogens (tertiary/aromatic N) is 2. The summed E-state index contributed by atoms with van der Waals surface area (Å²) in [5.74, 6) is 1.37. The molecule has 0 radical (unpaired) electrons. The van der Waals surface area contributed by atoms with E-state index in [1.165, 1.54) is 37.1 Å². The van der Waals surface area contributed by atoms with Gasteiger partial charge in [0.15, 0.2) is 0 Å². The molecule has 0 bridgehead atoms. The maximum atomic E-state index is 13.2. The highest BCUT2D eigenvalue weighted by atomic mass is 19.1. The molecule has 0 amide bonds. The third kappa shape index (κ3) is 4.19. The van der Waals surface area contributed by atoms with E-state index in [9.17, 15) is 4.39 Å². The van der Waals surface area contributed by atoms with Gasteiger partial charge in [0.2, 0.25) is 0 Å². The summed E-state index contributed by atoms with van der Waals surface area (Å²) in [6.07, 6.45) is 4.00. The lowest BCUT2D eigenvalue weighted by Crippen LogP contribution is -2.66. The molecule has 2 atom stereocenters. The average molecular weight is 370 g/mol. The molecule has 2 saturated heterocycles. The van der Waals surface area contributed by atoms with E-state index in [1.54, 1.807) is 19.2 Å². The Balaban J connectivity index is 1.47. The SMILES string of the molecule is COc1ccc(N2C[C@@H](Oc3ccc(F)cc3)[C@H]2CN2CCCCC2)cc1. The molecule has 144 valence electrons. The third-order valence-electron chi connectivity index (χ3n) is 5.61. The number of anilines is 1. The molecule has 0 spiro atoms. The number of methoxy groups -OCH3 is 1. The van der Waals surface area contributed by atoms with Gasteiger partial charge in [-0.05, 0) is 74.5 Å². The summed E-state index contributed by atoms with van der Waals surface area (Å²) in [4.78, 5) is 4.95. The Kier molecular flexibility index (Phi) is 5.48. The van der Waals surface area contributed by atoms with Gasteiger partial charge in [-0.25, -0.2) is 4.39 Å². The molecule has 2 fully saturated rings. The van der Waals surface area contributed by atoms with Gasteiger partial charge < -0.3 is 19.3 Å². The number of halogens is 1. The van der Waals surface area contributed by atoms with Crippen LogP contribution in [0, 0.1) is 5.82 Å². The zero-order valence-electron chi connectivity index (χ0n) is 15.8. The van der Waals surface area contributed by atoms with E-state index in [0.717, 1.165) is 37.7 Å². The normalized spacial score (nSPS) is 23.0. The lowest BCUT2D eigenvalue weighted by atomic mass is 9.96. The van der Waals surface area contributed by atoms with E-state index < -0.39 is 0 Å². The van der Waals surface area contributed by atoms with Crippen LogP contribution >= 0.6 is 0 Å². The fourth-order valence-electron chi connectivity index (χ4n) is 4.01. The van der Waals surface area contributed by atoms with Gasteiger partial charge in [0.05, 0.1) is 19.7 Å². The van der Waals surface area contributed by atoms with Crippen LogP contribution in [0.5, 0.6) is 11.5 Å². The molecule has 0 aliphatic carbocycles. The lowest BCUT2D eigenvalue weighted by Gasteiger charge is -2.51. The van der Waals surface area contributed by atoms with Crippen LogP contribution in [0.15, 0.2) is 48.5 Å². The molecule has 2 aliphatic heterocycles. The van der Waals surface area contributed by atoms with Crippen molar-refractivity contribution < 1.29 is 13.9 Å². The highest BCUT2D eigenvalue weighted by molar-refractivity contribution is 5.53. The van der Waals surface area contributed by atoms with Crippen molar-refractivity contribution in [1.29, 1.82) is 0 Å². The van der Waals surface area contributed by atoms with Gasteiger partial charge >= 0.3 is 0 Å². The number of ether oxygens (including phenoxy) is 2. The van der Waals surface area contributed by atoms with Gasteiger partial charge in [0.1, 0.15) is 23.4 Å². The Bertz CT molecular complexity index is 729. The monoisotopic (exact) mass is 370 g/mol. The first-order valence-electron chi connectivity index (χ1n) is 9.78. The molecule has 2 aliphatic rings. The van der Waals surface area contributed by atoms with Gasteiger partial charge in [-0.15, -0.1) is 0 Å². The zero-order valence-corrected chi connectivity index (χ0v) is 15.8. The van der Waals surface area contributed by atoms with Crippen molar-refractivity contribution in [2.45, 2.75) is 31.4 Å². The highest BCUT2D eigenvalue weighted by Crippen LogP contribution is 2.32. The van der Waals surface area contributed by atoms with Crippen LogP contribution in [-0.4, -0.2) is 50.3 Å². The van der Waals surface area contributed by atoms with Crippen LogP contribution in [0.1, 0.15) is 19.3 Å². The molecule has 4 rings (SSSR count). The molecule has 27 heavy (non-hydrogen) atoms. The van der Waals surface area contributed by atoms with Gasteiger partial charge in [-0.1, -0.05) is 6.42 Å². The molecule has 2 aromatic rings. The number of hydrogen-bond acceptors (Lipinski definition) is 4. The predicted molar refractivity (Wildman–Crippen MR) is 105 cm³/mol. The molecular formula is C22H27FN2O2. The van der Waals surface area contributed by atoms with E-state index in [2.05, 4.69) is 21.9 Å². The number of piperidine rings is 1. The van der Waals surface area contributed by atoms with Crippen molar-refractivity contribution in [3.63, 3.8) is 0 Å². The molecule has 0 unspecified atom stereocenters. The minimum absolute atomic E-state index is 0.111. The number of rotatable bonds is 6. The summed E-state index contributed by atoms with van der Waals surface area (Å²) >= 11 is 0. The largest absolute Gasteiger partial charge is 0.497 e. The summed E-state index contributed by atoms with van der Waals surface area (Å²) in [6, 6.07) is 14.8. The van der Waals surface area contributed by atoms with E-state index in [0.29, 0.717) is 6.04 Å². The quantitative estimate of drug-likeness (QED) is 0.769. The van der Waals surface area contributed by atoms with Crippen molar-refractivity contribution in [3.05, 3.63) is 54.3 Å². The molecule has 2 heterocycles. The van der Waals surface area contributed by atoms with Crippen molar-refractivity contribution in [2.75, 3.05) is 38.2 Å². The smallest absolute Gasteiger partial charge is 0.138 e. The first kappa shape index (κ1) is 18.1. The molecule has 0 saturated carbocycles. The summed E-state index contributed by atoms with van der Waals surface area (Å²) < 4.78 is 24.6. The number of likely N-dealkylation sites (tertiary alicyclic amines) is 1. The summed E-state index contributed by atoms with van der Waals surface area (Å²) in [6.45, 7) is 4.16. The Hall–Kier alpha value is -2.27. The van der Waals surface area contributed by atoms with Crippen LogP contribution in [0.25, 0.3) is 0 Å². The molecule has 0 N–H and O–H groups in total. The van der Waals surface area contributed by atoms with E-state index >= 15 is 0 Å². The van der Waals surface area contributed by atoms with Gasteiger partial charge in [0.25, 0.3) is 0 Å². The highest BCUT2D eigenvalue weighted by Gasteiger charge is 2.42. The molecule has 5 heteroatoms. The summed E-state index contributed by atoms with van der Waals surface area (Å²) in [5, 5.41) is 0. The third-order valence-corrected chi connectivity index (χ3v) is 5.61. The van der Waals surface area contributed by atoms with E-state index in [4.69, 9.17) is 9.47 Å². The molecule has 2 aromatic carbocycles. The van der Waals surface area contributed by atoms with Crippen LogP contribution in [-0.2, 0) is 0 Å². The molecule has 4 nitrogen and oxygen atoms in total. The second-order valence-corrected chi connectivity index (χ2v) is 7.39. The minimum Gasteiger partial charge on any atom is -0.497 e. The van der Waals surface area contributed by atoms with Crippen molar-refractivity contribution in [2.24, 2.45) is 0 Å². The maximum Gasteiger partial charge on any atom is 0.138 e. The van der Waals surface area contributed by atoms with Crippen LogP contribution in [0.3, 0.4) is 0 Å². The molecular weight excluding hydrogens is 343 g/mol. The standard InChI is InChI=1S/C22H27FN2O2/c1-26-19-11-7-18(8-12-19)25-16-22(27-20-9-5-17(23)6-10-20)21(25)15-24-13-3-2-4-14-24/h5-12,21-22H,2-4,13-16H2,1H3/t21-,22-/m1/s1. The van der Waals surface area contributed by atoms with Crippen LogP contribution in [0.4, 0.5) is 10.1 Å². The Morgan fingerprint density at radius 3 is 2.26 bits per heavy atom. The Labute approximate surface area is 160 Å². The Morgan fingerprint density at radius 1 is 0.926 bits per heavy atom. The maximum absolute atomic E-state index is 13.2. The average Bonchev–Trinajstić information content (AvgIpc) is 2.71. The van der Waals surface area contributed by atoms with E-state index in [-0.39, 0.29) is 11.9 Å². The summed E-state index contributed by atoms with van der Waals surface area (Å²) in [7, 11) is 1.68. The molecule has 0 aromatic heterocycles. The topological polar surface area (TPSA) is 24.9 Å². The fraction of sp³-hybridized carbons (Fsp3) is 0.455. The van der Waals surface area contributed by atoms with Gasteiger partial charge in [-0.2, -0.15) is 0 Å². The first-order chi connectivity index (χ1) is 13.2. The Morgan fingerprint density at radius 2 is 1.59 bits per heavy atom. The number of benzene rings is 2. The lowest BCUT2D eigenvalue weighted by molar-refractivity contribution is 0.0822. The van der Waals surface area contributed by atoms with Crippen LogP contribution in [0.2, 0.25) is 0 Å². The van der Waals surface area contributed by atoms with E-state index in [1.807, 2.05) is 12.1 Å². The first-order valence-corrected chi connectivity index (χ1v) is 9.78. The minimum atomic E-state index is -0.235. The van der Waals surface area contributed by atoms with Gasteiger partial charge in [-0.3, -0.25) is 0 Å². The second kappa shape index (κ2) is 8.17.